The van der Waals surface area contributed by atoms with E-state index in [1.165, 1.54) is 0 Å². The summed E-state index contributed by atoms with van der Waals surface area (Å²) in [5.41, 5.74) is 0.677. The third-order valence-corrected chi connectivity index (χ3v) is 4.52. The van der Waals surface area contributed by atoms with Gasteiger partial charge in [-0.25, -0.2) is 4.98 Å². The molecule has 2 aromatic rings. The van der Waals surface area contributed by atoms with Crippen LogP contribution in [0.2, 0.25) is 0 Å². The first kappa shape index (κ1) is 18.2. The number of aromatic nitrogens is 2. The number of ether oxygens (including phenoxy) is 2. The van der Waals surface area contributed by atoms with Crippen LogP contribution in [0.5, 0.6) is 11.5 Å². The number of aryl methyl sites for hydroxylation is 1. The van der Waals surface area contributed by atoms with Gasteiger partial charge in [-0.05, 0) is 12.1 Å². The molecule has 1 amide bonds. The minimum absolute atomic E-state index is 0.0694. The van der Waals surface area contributed by atoms with Crippen LogP contribution in [-0.2, 0) is 11.8 Å². The second-order valence-electron chi connectivity index (χ2n) is 6.20. The van der Waals surface area contributed by atoms with Crippen molar-refractivity contribution in [2.24, 2.45) is 7.05 Å². The van der Waals surface area contributed by atoms with E-state index in [-0.39, 0.29) is 11.9 Å². The number of hydrogen-bond donors (Lipinski definition) is 2. The number of piperazine rings is 1. The van der Waals surface area contributed by atoms with E-state index < -0.39 is 0 Å². The molecule has 0 saturated carbocycles. The Bertz CT molecular complexity index is 761. The highest BCUT2D eigenvalue weighted by Gasteiger charge is 2.28. The zero-order chi connectivity index (χ0) is 18.5. The van der Waals surface area contributed by atoms with E-state index in [9.17, 15) is 4.79 Å². The van der Waals surface area contributed by atoms with Gasteiger partial charge >= 0.3 is 0 Å². The highest BCUT2D eigenvalue weighted by atomic mass is 16.5. The molecular weight excluding hydrogens is 334 g/mol. The molecule has 140 valence electrons. The number of methoxy groups -OCH3 is 2. The highest BCUT2D eigenvalue weighted by molar-refractivity contribution is 5.92. The van der Waals surface area contributed by atoms with E-state index in [4.69, 9.17) is 9.47 Å². The topological polar surface area (TPSA) is 80.7 Å². The Balaban J connectivity index is 1.67. The lowest BCUT2D eigenvalue weighted by Gasteiger charge is -2.35. The average Bonchev–Trinajstić information content (AvgIpc) is 3.07. The summed E-state index contributed by atoms with van der Waals surface area (Å²) in [4.78, 5) is 19.2. The van der Waals surface area contributed by atoms with E-state index >= 15 is 0 Å². The molecule has 8 nitrogen and oxygen atoms in total. The molecule has 0 aliphatic carbocycles. The summed E-state index contributed by atoms with van der Waals surface area (Å²) in [6.45, 7) is 2.71. The van der Waals surface area contributed by atoms with Gasteiger partial charge in [0.25, 0.3) is 0 Å². The van der Waals surface area contributed by atoms with Crippen LogP contribution in [0.1, 0.15) is 11.9 Å². The Morgan fingerprint density at radius 1 is 1.35 bits per heavy atom. The maximum atomic E-state index is 12.6. The Labute approximate surface area is 153 Å². The van der Waals surface area contributed by atoms with Crippen molar-refractivity contribution in [3.05, 3.63) is 36.4 Å². The first-order chi connectivity index (χ1) is 12.6. The summed E-state index contributed by atoms with van der Waals surface area (Å²) in [5, 5.41) is 6.31. The van der Waals surface area contributed by atoms with Crippen LogP contribution >= 0.6 is 0 Å². The van der Waals surface area contributed by atoms with Crippen molar-refractivity contribution in [1.82, 2.24) is 19.8 Å². The highest BCUT2D eigenvalue weighted by Crippen LogP contribution is 2.29. The predicted octanol–water partition coefficient (Wildman–Crippen LogP) is 1.02. The monoisotopic (exact) mass is 359 g/mol. The lowest BCUT2D eigenvalue weighted by molar-refractivity contribution is -0.118. The number of amides is 1. The molecule has 1 aromatic heterocycles. The number of nitrogens with zero attached hydrogens (tertiary/aromatic N) is 3. The number of carbonyl (C=O) groups is 1. The van der Waals surface area contributed by atoms with Crippen LogP contribution < -0.4 is 20.1 Å². The number of benzene rings is 1. The maximum absolute atomic E-state index is 12.6. The van der Waals surface area contributed by atoms with E-state index in [0.29, 0.717) is 23.7 Å². The number of nitrogens with one attached hydrogen (secondary N) is 2. The van der Waals surface area contributed by atoms with E-state index in [1.807, 2.05) is 17.8 Å². The standard InChI is InChI=1S/C18H25N5O3/c1-22-8-7-20-18(22)14-11-19-6-9-23(14)12-17(24)21-13-4-5-15(25-2)16(10-13)26-3/h4-5,7-8,10,14,19H,6,9,11-12H2,1-3H3,(H,21,24). The lowest BCUT2D eigenvalue weighted by atomic mass is 10.1. The summed E-state index contributed by atoms with van der Waals surface area (Å²) in [6, 6.07) is 5.40. The van der Waals surface area contributed by atoms with Crippen LogP contribution in [0, 0.1) is 0 Å². The van der Waals surface area contributed by atoms with Crippen molar-refractivity contribution in [1.29, 1.82) is 0 Å². The normalized spacial score (nSPS) is 17.7. The van der Waals surface area contributed by atoms with Gasteiger partial charge in [0, 0.05) is 50.8 Å². The molecule has 1 aliphatic heterocycles. The molecule has 26 heavy (non-hydrogen) atoms. The van der Waals surface area contributed by atoms with Crippen LogP contribution in [0.25, 0.3) is 0 Å². The number of anilines is 1. The largest absolute Gasteiger partial charge is 0.493 e. The summed E-state index contributed by atoms with van der Waals surface area (Å²) < 4.78 is 12.5. The van der Waals surface area contributed by atoms with Gasteiger partial charge in [-0.1, -0.05) is 0 Å². The van der Waals surface area contributed by atoms with Crippen molar-refractivity contribution in [2.75, 3.05) is 45.7 Å². The molecule has 0 radical (unpaired) electrons. The molecule has 0 bridgehead atoms. The van der Waals surface area contributed by atoms with Crippen LogP contribution in [0.3, 0.4) is 0 Å². The van der Waals surface area contributed by atoms with Crippen molar-refractivity contribution in [3.8, 4) is 11.5 Å². The Kier molecular flexibility index (Phi) is 5.75. The molecule has 3 rings (SSSR count). The maximum Gasteiger partial charge on any atom is 0.238 e. The SMILES string of the molecule is COc1ccc(NC(=O)CN2CCNCC2c2nccn2C)cc1OC. The fourth-order valence-electron chi connectivity index (χ4n) is 3.19. The molecule has 1 unspecified atom stereocenters. The van der Waals surface area contributed by atoms with Crippen LogP contribution in [0.4, 0.5) is 5.69 Å². The molecule has 1 saturated heterocycles. The zero-order valence-electron chi connectivity index (χ0n) is 15.4. The van der Waals surface area contributed by atoms with Gasteiger partial charge in [0.15, 0.2) is 11.5 Å². The Morgan fingerprint density at radius 2 is 2.15 bits per heavy atom. The van der Waals surface area contributed by atoms with E-state index in [2.05, 4.69) is 20.5 Å². The Morgan fingerprint density at radius 3 is 2.85 bits per heavy atom. The molecule has 1 aromatic carbocycles. The molecule has 8 heteroatoms. The average molecular weight is 359 g/mol. The molecular formula is C18H25N5O3. The third kappa shape index (κ3) is 3.97. The fraction of sp³-hybridized carbons (Fsp3) is 0.444. The molecule has 2 N–H and O–H groups in total. The summed E-state index contributed by atoms with van der Waals surface area (Å²) in [7, 11) is 5.12. The second-order valence-corrected chi connectivity index (χ2v) is 6.20. The van der Waals surface area contributed by atoms with Gasteiger partial charge in [-0.2, -0.15) is 0 Å². The fourth-order valence-corrected chi connectivity index (χ4v) is 3.19. The zero-order valence-corrected chi connectivity index (χ0v) is 15.4. The summed E-state index contributed by atoms with van der Waals surface area (Å²) in [6.07, 6.45) is 3.71. The van der Waals surface area contributed by atoms with Gasteiger partial charge in [0.2, 0.25) is 5.91 Å². The minimum Gasteiger partial charge on any atom is -0.493 e. The van der Waals surface area contributed by atoms with E-state index in [1.54, 1.807) is 38.6 Å². The number of carbonyl (C=O) groups excluding carboxylic acids is 1. The second kappa shape index (κ2) is 8.20. The van der Waals surface area contributed by atoms with Crippen molar-refractivity contribution in [2.45, 2.75) is 6.04 Å². The van der Waals surface area contributed by atoms with E-state index in [0.717, 1.165) is 25.5 Å². The molecule has 2 heterocycles. The molecule has 1 fully saturated rings. The summed E-state index contributed by atoms with van der Waals surface area (Å²) >= 11 is 0. The van der Waals surface area contributed by atoms with Gasteiger partial charge in [0.05, 0.1) is 26.8 Å². The minimum atomic E-state index is -0.0710. The van der Waals surface area contributed by atoms with Crippen LogP contribution in [-0.4, -0.2) is 60.8 Å². The first-order valence-electron chi connectivity index (χ1n) is 8.56. The molecule has 1 aliphatic rings. The first-order valence-corrected chi connectivity index (χ1v) is 8.56. The van der Waals surface area contributed by atoms with Gasteiger partial charge in [0.1, 0.15) is 5.82 Å². The predicted molar refractivity (Wildman–Crippen MR) is 98.6 cm³/mol. The van der Waals surface area contributed by atoms with Gasteiger partial charge in [-0.15, -0.1) is 0 Å². The summed E-state index contributed by atoms with van der Waals surface area (Å²) in [5.74, 6) is 2.09. The van der Waals surface area contributed by atoms with Crippen molar-refractivity contribution in [3.63, 3.8) is 0 Å². The lowest BCUT2D eigenvalue weighted by Crippen LogP contribution is -2.49. The number of hydrogen-bond acceptors (Lipinski definition) is 6. The molecule has 1 atom stereocenters. The van der Waals surface area contributed by atoms with Crippen molar-refractivity contribution >= 4 is 11.6 Å². The van der Waals surface area contributed by atoms with Crippen molar-refractivity contribution < 1.29 is 14.3 Å². The number of rotatable bonds is 6. The van der Waals surface area contributed by atoms with Crippen LogP contribution in [0.15, 0.2) is 30.6 Å². The Hall–Kier alpha value is -2.58. The quantitative estimate of drug-likeness (QED) is 0.802. The smallest absolute Gasteiger partial charge is 0.238 e. The third-order valence-electron chi connectivity index (χ3n) is 4.52. The molecule has 0 spiro atoms. The van der Waals surface area contributed by atoms with Gasteiger partial charge < -0.3 is 24.7 Å². The van der Waals surface area contributed by atoms with Gasteiger partial charge in [-0.3, -0.25) is 9.69 Å². The number of imidazole rings is 1.